The molecule has 11 aromatic rings. The van der Waals surface area contributed by atoms with E-state index >= 15 is 0 Å². The van der Waals surface area contributed by atoms with Crippen LogP contribution in [0, 0.1) is 26.0 Å². The number of furan rings is 1. The average Bonchev–Trinajstić information content (AvgIpc) is 3.92. The maximum atomic E-state index is 6.59. The summed E-state index contributed by atoms with van der Waals surface area (Å²) in [6.45, 7) is 30.6. The Hall–Kier alpha value is -6.17. The smallest absolute Gasteiger partial charge is 0.463 e. The molecule has 0 saturated heterocycles. The summed E-state index contributed by atoms with van der Waals surface area (Å²) in [5.41, 5.74) is 22.6. The molecule has 9 aromatic carbocycles. The van der Waals surface area contributed by atoms with Gasteiger partial charge in [0.2, 0.25) is 6.71 Å². The van der Waals surface area contributed by atoms with Crippen molar-refractivity contribution in [3.05, 3.63) is 218 Å². The Morgan fingerprint density at radius 2 is 1.16 bits per heavy atom. The molecular formula is C68H58BCd2N3O. The standard InChI is InChI=1S/C68H58BN3O.2Cd/c1-41-53(67(6,7)8)34-35-55-63(41)72(46-23-16-13-17-24-46)64-42(2)54(68(9,10)11)39-60-62(64)69(55)56-38-52-51-37-44(66(3,4)5)31-36-57(51)70(45-21-14-12-15-22-45)58(52)40-59(56)71(60)47-32-29-43(30-33-47)48-26-20-27-50-49-25-18-19-28-61(49)73-65(48)50;;/h12-22,25-40H,1-2H2,3-11H3;;/q-4;2*+2. The van der Waals surface area contributed by atoms with Crippen LogP contribution in [0.5, 0.6) is 0 Å². The van der Waals surface area contributed by atoms with Gasteiger partial charge in [-0.25, -0.2) is 5.69 Å². The third-order valence-electron chi connectivity index (χ3n) is 15.7. The molecule has 0 fully saturated rings. The van der Waals surface area contributed by atoms with Gasteiger partial charge in [-0.3, -0.25) is 18.2 Å². The van der Waals surface area contributed by atoms with Gasteiger partial charge >= 0.3 is 54.6 Å². The van der Waals surface area contributed by atoms with Crippen LogP contribution in [0.25, 0.3) is 60.6 Å². The fourth-order valence-electron chi connectivity index (χ4n) is 12.2. The molecule has 2 aromatic heterocycles. The summed E-state index contributed by atoms with van der Waals surface area (Å²) in [6, 6.07) is 67.3. The Bertz CT molecular complexity index is 4060. The monoisotopic (exact) mass is 1170 g/mol. The third-order valence-corrected chi connectivity index (χ3v) is 15.7. The van der Waals surface area contributed by atoms with Crippen molar-refractivity contribution in [2.24, 2.45) is 0 Å². The van der Waals surface area contributed by atoms with Crippen LogP contribution in [0.4, 0.5) is 34.1 Å². The number of nitrogens with zero attached hydrogens (tertiary/aromatic N) is 3. The first-order chi connectivity index (χ1) is 35.0. The Balaban J connectivity index is 0.00000301. The predicted molar refractivity (Wildman–Crippen MR) is 310 cm³/mol. The zero-order valence-electron chi connectivity index (χ0n) is 44.7. The predicted octanol–water partition coefficient (Wildman–Crippen LogP) is 16.3. The van der Waals surface area contributed by atoms with Gasteiger partial charge < -0.3 is 30.9 Å². The zero-order valence-corrected chi connectivity index (χ0v) is 52.8. The van der Waals surface area contributed by atoms with Crippen LogP contribution in [-0.4, -0.2) is 11.3 Å². The number of anilines is 6. The molecule has 0 amide bonds. The largest absolute Gasteiger partial charge is 2.00 e. The molecule has 358 valence electrons. The molecule has 0 saturated carbocycles. The fraction of sp³-hybridized carbons (Fsp3) is 0.176. The molecule has 0 aliphatic carbocycles. The molecule has 2 aliphatic heterocycles. The van der Waals surface area contributed by atoms with Crippen molar-refractivity contribution < 1.29 is 59.0 Å². The van der Waals surface area contributed by atoms with Gasteiger partial charge in [-0.1, -0.05) is 181 Å². The molecule has 7 heteroatoms. The van der Waals surface area contributed by atoms with E-state index in [9.17, 15) is 0 Å². The summed E-state index contributed by atoms with van der Waals surface area (Å²) in [5, 5.41) is 4.70. The molecular weight excluding hydrogens is 1110 g/mol. The van der Waals surface area contributed by atoms with Gasteiger partial charge in [0.25, 0.3) is 0 Å². The molecule has 0 spiro atoms. The SMILES string of the molecule is [CH2-]c1c(C(C)(C)C)ccc2c1N(c1[c-]ccc[c-]1)c1c([CH2-])c(C(C)(C)C)cc3c1B2c1cc2c4cc(C(C)(C)C)ccc4n(-c4ccccc4)c2cc1N3c1ccc(-c2cccc3c2oc2ccccc23)cc1.[Cd+2].[Cd+2]. The van der Waals surface area contributed by atoms with Crippen molar-refractivity contribution >= 4 is 101 Å². The van der Waals surface area contributed by atoms with Crippen molar-refractivity contribution in [1.82, 2.24) is 4.57 Å². The molecule has 0 bridgehead atoms. The molecule has 75 heavy (non-hydrogen) atoms. The maximum Gasteiger partial charge on any atom is 2.00 e. The van der Waals surface area contributed by atoms with Gasteiger partial charge in [0.15, 0.2) is 0 Å². The number of benzene rings is 9. The first kappa shape index (κ1) is 51.0. The quantitative estimate of drug-likeness (QED) is 0.130. The first-order valence-electron chi connectivity index (χ1n) is 25.7. The van der Waals surface area contributed by atoms with Crippen LogP contribution in [0.15, 0.2) is 168 Å². The summed E-state index contributed by atoms with van der Waals surface area (Å²) in [7, 11) is 0. The van der Waals surface area contributed by atoms with E-state index in [1.54, 1.807) is 0 Å². The van der Waals surface area contributed by atoms with Crippen molar-refractivity contribution in [3.8, 4) is 16.8 Å². The summed E-state index contributed by atoms with van der Waals surface area (Å²) in [6.07, 6.45) is 0. The summed E-state index contributed by atoms with van der Waals surface area (Å²) in [4.78, 5) is 4.93. The van der Waals surface area contributed by atoms with Crippen molar-refractivity contribution in [1.29, 1.82) is 0 Å². The van der Waals surface area contributed by atoms with Gasteiger partial charge in [-0.15, -0.1) is 22.7 Å². The second-order valence-electron chi connectivity index (χ2n) is 23.4. The van der Waals surface area contributed by atoms with Gasteiger partial charge in [-0.2, -0.15) is 25.0 Å². The Morgan fingerprint density at radius 1 is 0.493 bits per heavy atom. The third kappa shape index (κ3) is 7.91. The minimum absolute atomic E-state index is 0. The summed E-state index contributed by atoms with van der Waals surface area (Å²) in [5.74, 6) is 0. The van der Waals surface area contributed by atoms with E-state index in [2.05, 4.69) is 228 Å². The molecule has 0 N–H and O–H groups in total. The minimum Gasteiger partial charge on any atom is -0.463 e. The Morgan fingerprint density at radius 3 is 1.87 bits per heavy atom. The van der Waals surface area contributed by atoms with E-state index in [-0.39, 0.29) is 77.6 Å². The van der Waals surface area contributed by atoms with E-state index in [4.69, 9.17) is 18.3 Å². The van der Waals surface area contributed by atoms with Gasteiger partial charge in [0.1, 0.15) is 11.2 Å². The Kier molecular flexibility index (Phi) is 12.4. The summed E-state index contributed by atoms with van der Waals surface area (Å²) < 4.78 is 9.06. The molecule has 4 heterocycles. The van der Waals surface area contributed by atoms with E-state index in [1.165, 1.54) is 49.4 Å². The molecule has 4 nitrogen and oxygen atoms in total. The molecule has 2 aliphatic rings. The Labute approximate surface area is 483 Å². The zero-order chi connectivity index (χ0) is 50.5. The first-order valence-corrected chi connectivity index (χ1v) is 25.7. The van der Waals surface area contributed by atoms with Crippen LogP contribution in [0.3, 0.4) is 0 Å². The second-order valence-corrected chi connectivity index (χ2v) is 23.4. The number of rotatable bonds is 4. The topological polar surface area (TPSA) is 24.6 Å². The van der Waals surface area contributed by atoms with Crippen molar-refractivity contribution in [2.45, 2.75) is 78.6 Å². The van der Waals surface area contributed by atoms with Crippen molar-refractivity contribution in [3.63, 3.8) is 0 Å². The fourth-order valence-corrected chi connectivity index (χ4v) is 12.2. The molecule has 0 unspecified atom stereocenters. The van der Waals surface area contributed by atoms with Gasteiger partial charge in [0.05, 0.1) is 11.0 Å². The van der Waals surface area contributed by atoms with Crippen LogP contribution in [0.2, 0.25) is 0 Å². The second kappa shape index (κ2) is 18.3. The van der Waals surface area contributed by atoms with Gasteiger partial charge in [-0.05, 0) is 70.5 Å². The van der Waals surface area contributed by atoms with E-state index in [0.717, 1.165) is 89.5 Å². The van der Waals surface area contributed by atoms with E-state index in [0.29, 0.717) is 0 Å². The van der Waals surface area contributed by atoms with Crippen LogP contribution < -0.4 is 26.2 Å². The number of aromatic nitrogens is 1. The normalized spacial score (nSPS) is 13.2. The number of para-hydroxylation sites is 4. The molecule has 0 radical (unpaired) electrons. The minimum atomic E-state index is -0.260. The number of fused-ring (bicyclic) bond motifs is 10. The van der Waals surface area contributed by atoms with E-state index in [1.807, 2.05) is 24.3 Å². The molecule has 13 rings (SSSR count). The van der Waals surface area contributed by atoms with Crippen LogP contribution in [-0.2, 0) is 70.8 Å². The van der Waals surface area contributed by atoms with Crippen LogP contribution >= 0.6 is 0 Å². The average molecular weight is 1170 g/mol. The van der Waals surface area contributed by atoms with Gasteiger partial charge in [0, 0.05) is 49.9 Å². The summed E-state index contributed by atoms with van der Waals surface area (Å²) >= 11 is 0. The number of hydrogen-bond donors (Lipinski definition) is 0. The van der Waals surface area contributed by atoms with Crippen molar-refractivity contribution in [2.75, 3.05) is 9.80 Å². The maximum absolute atomic E-state index is 6.59. The molecule has 0 atom stereocenters. The number of hydrogen-bond acceptors (Lipinski definition) is 3. The van der Waals surface area contributed by atoms with E-state index < -0.39 is 0 Å². The van der Waals surface area contributed by atoms with Crippen LogP contribution in [0.1, 0.15) is 90.1 Å².